The first-order chi connectivity index (χ1) is 14.5. The Morgan fingerprint density at radius 2 is 1.77 bits per heavy atom. The number of aliphatic hydroxyl groups excluding tert-OH is 1. The molecule has 3 aromatic rings. The van der Waals surface area contributed by atoms with E-state index in [4.69, 9.17) is 0 Å². The number of carbonyl (C=O) groups excluding carboxylic acids is 1. The molecule has 2 atom stereocenters. The number of amides is 1. The summed E-state index contributed by atoms with van der Waals surface area (Å²) in [6, 6.07) is 18.7. The van der Waals surface area contributed by atoms with Crippen LogP contribution >= 0.6 is 11.3 Å². The molecule has 156 valence electrons. The number of aliphatic hydroxyl groups is 1. The lowest BCUT2D eigenvalue weighted by atomic mass is 9.74. The second-order valence-corrected chi connectivity index (χ2v) is 9.00. The molecule has 0 unspecified atom stereocenters. The normalized spacial score (nSPS) is 20.4. The van der Waals surface area contributed by atoms with E-state index in [0.717, 1.165) is 23.1 Å². The molecule has 2 aromatic carbocycles. The zero-order valence-corrected chi connectivity index (χ0v) is 17.9. The lowest BCUT2D eigenvalue weighted by Gasteiger charge is -2.43. The van der Waals surface area contributed by atoms with Gasteiger partial charge in [-0.3, -0.25) is 4.79 Å². The molecule has 0 saturated carbocycles. The van der Waals surface area contributed by atoms with Crippen molar-refractivity contribution in [3.8, 4) is 11.1 Å². The van der Waals surface area contributed by atoms with Crippen LogP contribution in [0.3, 0.4) is 0 Å². The quantitative estimate of drug-likeness (QED) is 0.564. The molecular weight excluding hydrogens is 397 g/mol. The largest absolute Gasteiger partial charge is 0.396 e. The van der Waals surface area contributed by atoms with Crippen LogP contribution in [0.1, 0.15) is 42.7 Å². The van der Waals surface area contributed by atoms with Gasteiger partial charge >= 0.3 is 0 Å². The van der Waals surface area contributed by atoms with Crippen LogP contribution in [0, 0.1) is 5.82 Å². The number of thiophene rings is 1. The number of hydrogen-bond acceptors (Lipinski definition) is 3. The lowest BCUT2D eigenvalue weighted by molar-refractivity contribution is -0.138. The smallest absolute Gasteiger partial charge is 0.224 e. The van der Waals surface area contributed by atoms with Crippen LogP contribution in [0.4, 0.5) is 4.39 Å². The average Bonchev–Trinajstić information content (AvgIpc) is 3.30. The maximum absolute atomic E-state index is 13.2. The van der Waals surface area contributed by atoms with Gasteiger partial charge in [0.2, 0.25) is 5.91 Å². The van der Waals surface area contributed by atoms with E-state index >= 15 is 0 Å². The summed E-state index contributed by atoms with van der Waals surface area (Å²) >= 11 is 1.67. The predicted molar refractivity (Wildman–Crippen MR) is 119 cm³/mol. The van der Waals surface area contributed by atoms with Gasteiger partial charge in [-0.15, -0.1) is 11.3 Å². The van der Waals surface area contributed by atoms with Crippen LogP contribution in [-0.4, -0.2) is 29.1 Å². The van der Waals surface area contributed by atoms with Crippen LogP contribution in [0.15, 0.2) is 66.0 Å². The fourth-order valence-corrected chi connectivity index (χ4v) is 5.45. The van der Waals surface area contributed by atoms with E-state index in [-0.39, 0.29) is 29.8 Å². The Hall–Kier alpha value is -2.50. The number of rotatable bonds is 6. The SMILES string of the molecule is C[C@@H](c1ccc(-c2ccc(F)cc2)cc1)N1CC[C@](CCO)(c2cccs2)CC1=O. The molecule has 1 fully saturated rings. The van der Waals surface area contributed by atoms with Crippen molar-refractivity contribution < 1.29 is 14.3 Å². The summed E-state index contributed by atoms with van der Waals surface area (Å²) in [5.41, 5.74) is 2.83. The maximum atomic E-state index is 13.2. The van der Waals surface area contributed by atoms with Gasteiger partial charge in [-0.05, 0) is 60.0 Å². The fraction of sp³-hybridized carbons (Fsp3) is 0.320. The minimum atomic E-state index is -0.247. The average molecular weight is 424 g/mol. The molecule has 1 aliphatic rings. The summed E-state index contributed by atoms with van der Waals surface area (Å²) in [5, 5.41) is 11.7. The molecular formula is C25H26FNO2S. The summed E-state index contributed by atoms with van der Waals surface area (Å²) in [6.45, 7) is 2.83. The Balaban J connectivity index is 1.49. The minimum absolute atomic E-state index is 0.0183. The van der Waals surface area contributed by atoms with Crippen LogP contribution < -0.4 is 0 Å². The Labute approximate surface area is 180 Å². The van der Waals surface area contributed by atoms with Crippen molar-refractivity contribution in [3.63, 3.8) is 0 Å². The summed E-state index contributed by atoms with van der Waals surface area (Å²) < 4.78 is 13.2. The fourth-order valence-electron chi connectivity index (χ4n) is 4.47. The third-order valence-corrected chi connectivity index (χ3v) is 7.43. The highest BCUT2D eigenvalue weighted by molar-refractivity contribution is 7.10. The van der Waals surface area contributed by atoms with Gasteiger partial charge in [-0.1, -0.05) is 42.5 Å². The first kappa shape index (κ1) is 20.8. The molecule has 1 saturated heterocycles. The van der Waals surface area contributed by atoms with Gasteiger partial charge in [0.05, 0.1) is 6.04 Å². The number of carbonyl (C=O) groups is 1. The Bertz CT molecular complexity index is 985. The summed E-state index contributed by atoms with van der Waals surface area (Å²) in [6.07, 6.45) is 1.91. The molecule has 0 radical (unpaired) electrons. The van der Waals surface area contributed by atoms with E-state index in [1.165, 1.54) is 17.0 Å². The number of piperidine rings is 1. The van der Waals surface area contributed by atoms with E-state index in [1.807, 2.05) is 40.6 Å². The van der Waals surface area contributed by atoms with E-state index in [0.29, 0.717) is 19.4 Å². The lowest BCUT2D eigenvalue weighted by Crippen LogP contribution is -2.47. The summed E-state index contributed by atoms with van der Waals surface area (Å²) in [7, 11) is 0. The standard InChI is InChI=1S/C25H26FNO2S/c1-18(19-4-6-20(7-5-19)21-8-10-22(26)11-9-21)27-14-12-25(13-15-28,17-24(27)29)23-3-2-16-30-23/h2-11,16,18,28H,12-15,17H2,1H3/t18-,25+/m0/s1. The van der Waals surface area contributed by atoms with Crippen LogP contribution in [0.2, 0.25) is 0 Å². The molecule has 1 amide bonds. The van der Waals surface area contributed by atoms with E-state index in [1.54, 1.807) is 23.5 Å². The van der Waals surface area contributed by atoms with E-state index in [9.17, 15) is 14.3 Å². The highest BCUT2D eigenvalue weighted by Crippen LogP contribution is 2.43. The molecule has 30 heavy (non-hydrogen) atoms. The first-order valence-corrected chi connectivity index (χ1v) is 11.2. The van der Waals surface area contributed by atoms with Crippen molar-refractivity contribution in [3.05, 3.63) is 82.3 Å². The third-order valence-electron chi connectivity index (χ3n) is 6.31. The highest BCUT2D eigenvalue weighted by Gasteiger charge is 2.41. The zero-order chi connectivity index (χ0) is 21.1. The van der Waals surface area contributed by atoms with Gasteiger partial charge in [-0.2, -0.15) is 0 Å². The maximum Gasteiger partial charge on any atom is 0.224 e. The molecule has 4 rings (SSSR count). The van der Waals surface area contributed by atoms with E-state index in [2.05, 4.69) is 13.0 Å². The second kappa shape index (κ2) is 8.70. The van der Waals surface area contributed by atoms with Gasteiger partial charge in [-0.25, -0.2) is 4.39 Å². The first-order valence-electron chi connectivity index (χ1n) is 10.3. The van der Waals surface area contributed by atoms with Gasteiger partial charge in [0.25, 0.3) is 0 Å². The summed E-state index contributed by atoms with van der Waals surface area (Å²) in [5.74, 6) is -0.106. The minimum Gasteiger partial charge on any atom is -0.396 e. The van der Waals surface area contributed by atoms with Gasteiger partial charge in [0, 0.05) is 29.9 Å². The van der Waals surface area contributed by atoms with Crippen molar-refractivity contribution in [1.29, 1.82) is 0 Å². The number of benzene rings is 2. The van der Waals surface area contributed by atoms with Crippen molar-refractivity contribution >= 4 is 17.2 Å². The molecule has 1 N–H and O–H groups in total. The Morgan fingerprint density at radius 1 is 1.10 bits per heavy atom. The van der Waals surface area contributed by atoms with Crippen molar-refractivity contribution in [1.82, 2.24) is 4.90 Å². The third kappa shape index (κ3) is 4.05. The number of likely N-dealkylation sites (tertiary alicyclic amines) is 1. The number of nitrogens with zero attached hydrogens (tertiary/aromatic N) is 1. The van der Waals surface area contributed by atoms with Gasteiger partial charge < -0.3 is 10.0 Å². The second-order valence-electron chi connectivity index (χ2n) is 8.05. The zero-order valence-electron chi connectivity index (χ0n) is 17.1. The van der Waals surface area contributed by atoms with Crippen LogP contribution in [0.25, 0.3) is 11.1 Å². The van der Waals surface area contributed by atoms with Crippen molar-refractivity contribution in [2.24, 2.45) is 0 Å². The summed E-state index contributed by atoms with van der Waals surface area (Å²) in [4.78, 5) is 16.3. The molecule has 1 aliphatic heterocycles. The number of hydrogen-bond donors (Lipinski definition) is 1. The van der Waals surface area contributed by atoms with Crippen LogP contribution in [-0.2, 0) is 10.2 Å². The molecule has 5 heteroatoms. The molecule has 2 heterocycles. The van der Waals surface area contributed by atoms with Crippen LogP contribution in [0.5, 0.6) is 0 Å². The van der Waals surface area contributed by atoms with E-state index < -0.39 is 0 Å². The molecule has 0 spiro atoms. The van der Waals surface area contributed by atoms with Crippen molar-refractivity contribution in [2.75, 3.05) is 13.2 Å². The highest BCUT2D eigenvalue weighted by atomic mass is 32.1. The molecule has 0 aliphatic carbocycles. The molecule has 1 aromatic heterocycles. The molecule has 3 nitrogen and oxygen atoms in total. The number of halogens is 1. The predicted octanol–water partition coefficient (Wildman–Crippen LogP) is 5.56. The topological polar surface area (TPSA) is 40.5 Å². The van der Waals surface area contributed by atoms with Crippen molar-refractivity contribution in [2.45, 2.75) is 37.6 Å². The monoisotopic (exact) mass is 423 g/mol. The van der Waals surface area contributed by atoms with Gasteiger partial charge in [0.1, 0.15) is 5.82 Å². The van der Waals surface area contributed by atoms with Gasteiger partial charge in [0.15, 0.2) is 0 Å². The Morgan fingerprint density at radius 3 is 2.33 bits per heavy atom. The Kier molecular flexibility index (Phi) is 6.02. The molecule has 0 bridgehead atoms.